The average Bonchev–Trinajstić information content (AvgIpc) is 3.11. The number of hydrogen-bond donors (Lipinski definition) is 4. The Bertz CT molecular complexity index is 1240. The topological polar surface area (TPSA) is 114 Å². The molecule has 0 bridgehead atoms. The summed E-state index contributed by atoms with van der Waals surface area (Å²) >= 11 is 5.04. The van der Waals surface area contributed by atoms with Gasteiger partial charge in [-0.05, 0) is 32.1 Å². The molecular formula is C24H28N4O5S. The fraction of sp³-hybridized carbons (Fsp3) is 0.292. The summed E-state index contributed by atoms with van der Waals surface area (Å²) < 4.78 is 13.1. The minimum Gasteiger partial charge on any atom is -0.483 e. The molecule has 3 rings (SSSR count). The van der Waals surface area contributed by atoms with Gasteiger partial charge in [-0.15, -0.1) is 6.58 Å². The van der Waals surface area contributed by atoms with Crippen LogP contribution in [0.1, 0.15) is 23.0 Å². The molecule has 0 saturated heterocycles. The smallest absolute Gasteiger partial charge is 0.340 e. The first-order chi connectivity index (χ1) is 16.4. The summed E-state index contributed by atoms with van der Waals surface area (Å²) in [7, 11) is 0. The van der Waals surface area contributed by atoms with Gasteiger partial charge >= 0.3 is 5.97 Å². The number of aliphatic hydroxyl groups is 1. The average molecular weight is 485 g/mol. The normalized spacial score (nSPS) is 10.7. The quantitative estimate of drug-likeness (QED) is 0.158. The van der Waals surface area contributed by atoms with E-state index in [1.54, 1.807) is 19.1 Å². The SMILES string of the molecule is C=CCNC(=S)NNC(=O)COc1cc2c(C(=O)OCC)c(C)n(CCO)c2c2ccccc12. The van der Waals surface area contributed by atoms with E-state index in [2.05, 4.69) is 22.7 Å². The zero-order valence-electron chi connectivity index (χ0n) is 19.1. The molecule has 0 unspecified atom stereocenters. The van der Waals surface area contributed by atoms with Crippen LogP contribution < -0.4 is 20.9 Å². The molecule has 0 aliphatic heterocycles. The molecule has 34 heavy (non-hydrogen) atoms. The number of carbonyl (C=O) groups excluding carboxylic acids is 2. The van der Waals surface area contributed by atoms with Gasteiger partial charge in [-0.3, -0.25) is 15.6 Å². The molecule has 10 heteroatoms. The van der Waals surface area contributed by atoms with Gasteiger partial charge in [0, 0.05) is 34.9 Å². The highest BCUT2D eigenvalue weighted by atomic mass is 32.1. The molecule has 0 aliphatic rings. The Balaban J connectivity index is 1.98. The largest absolute Gasteiger partial charge is 0.483 e. The number of hydrazine groups is 1. The first-order valence-electron chi connectivity index (χ1n) is 10.8. The van der Waals surface area contributed by atoms with Crippen molar-refractivity contribution >= 4 is 50.9 Å². The van der Waals surface area contributed by atoms with E-state index in [1.807, 2.05) is 35.8 Å². The number of carbonyl (C=O) groups is 2. The zero-order valence-corrected chi connectivity index (χ0v) is 20.0. The number of ether oxygens (including phenoxy) is 2. The lowest BCUT2D eigenvalue weighted by molar-refractivity contribution is -0.123. The minimum absolute atomic E-state index is 0.0871. The number of nitrogens with one attached hydrogen (secondary N) is 3. The van der Waals surface area contributed by atoms with Crippen molar-refractivity contribution < 1.29 is 24.2 Å². The molecule has 1 heterocycles. The Morgan fingerprint density at radius 3 is 2.62 bits per heavy atom. The summed E-state index contributed by atoms with van der Waals surface area (Å²) in [4.78, 5) is 25.1. The monoisotopic (exact) mass is 484 g/mol. The standard InChI is InChI=1S/C24H28N4O5S/c1-4-10-25-24(34)27-26-20(30)14-33-19-13-18-21(23(31)32-5-2)15(3)28(11-12-29)22(18)17-9-7-6-8-16(17)19/h4,6-9,13,29H,1,5,10-12,14H2,2-3H3,(H,26,30)(H2,25,27,34). The molecular weight excluding hydrogens is 456 g/mol. The van der Waals surface area contributed by atoms with E-state index >= 15 is 0 Å². The van der Waals surface area contributed by atoms with Crippen LogP contribution in [-0.2, 0) is 16.1 Å². The van der Waals surface area contributed by atoms with Crippen molar-refractivity contribution in [1.82, 2.24) is 20.7 Å². The molecule has 0 spiro atoms. The summed E-state index contributed by atoms with van der Waals surface area (Å²) in [5, 5.41) is 14.9. The van der Waals surface area contributed by atoms with E-state index in [0.717, 1.165) is 16.3 Å². The van der Waals surface area contributed by atoms with Crippen molar-refractivity contribution in [3.05, 3.63) is 54.2 Å². The lowest BCUT2D eigenvalue weighted by atomic mass is 10.0. The number of thiocarbonyl (C=S) groups is 1. The Morgan fingerprint density at radius 2 is 1.94 bits per heavy atom. The third kappa shape index (κ3) is 5.29. The van der Waals surface area contributed by atoms with Crippen molar-refractivity contribution in [2.75, 3.05) is 26.4 Å². The third-order valence-electron chi connectivity index (χ3n) is 5.17. The van der Waals surface area contributed by atoms with Crippen molar-refractivity contribution in [1.29, 1.82) is 0 Å². The molecule has 4 N–H and O–H groups in total. The third-order valence-corrected chi connectivity index (χ3v) is 5.41. The highest BCUT2D eigenvalue weighted by molar-refractivity contribution is 7.80. The fourth-order valence-corrected chi connectivity index (χ4v) is 3.91. The van der Waals surface area contributed by atoms with Crippen LogP contribution in [0.25, 0.3) is 21.7 Å². The summed E-state index contributed by atoms with van der Waals surface area (Å²) in [6.07, 6.45) is 1.64. The maximum Gasteiger partial charge on any atom is 0.340 e. The second kappa shape index (κ2) is 11.5. The van der Waals surface area contributed by atoms with Crippen molar-refractivity contribution in [2.45, 2.75) is 20.4 Å². The number of nitrogens with zero attached hydrogens (tertiary/aromatic N) is 1. The van der Waals surface area contributed by atoms with Crippen LogP contribution in [0.4, 0.5) is 0 Å². The van der Waals surface area contributed by atoms with Gasteiger partial charge in [-0.25, -0.2) is 4.79 Å². The summed E-state index contributed by atoms with van der Waals surface area (Å²) in [5.41, 5.74) is 6.94. The molecule has 1 aromatic heterocycles. The Hall–Kier alpha value is -3.63. The lowest BCUT2D eigenvalue weighted by Crippen LogP contribution is -2.48. The number of aliphatic hydroxyl groups excluding tert-OH is 1. The maximum absolute atomic E-state index is 12.8. The van der Waals surface area contributed by atoms with Gasteiger partial charge in [0.25, 0.3) is 5.91 Å². The van der Waals surface area contributed by atoms with E-state index in [9.17, 15) is 14.7 Å². The Labute approximate surface area is 202 Å². The van der Waals surface area contributed by atoms with Crippen LogP contribution in [-0.4, -0.2) is 53.0 Å². The predicted octanol–water partition coefficient (Wildman–Crippen LogP) is 2.33. The van der Waals surface area contributed by atoms with Gasteiger partial charge in [0.05, 0.1) is 24.3 Å². The van der Waals surface area contributed by atoms with Crippen LogP contribution in [0.2, 0.25) is 0 Å². The Morgan fingerprint density at radius 1 is 1.21 bits per heavy atom. The predicted molar refractivity (Wildman–Crippen MR) is 135 cm³/mol. The van der Waals surface area contributed by atoms with Gasteiger partial charge in [0.15, 0.2) is 11.7 Å². The van der Waals surface area contributed by atoms with Gasteiger partial charge in [-0.1, -0.05) is 30.3 Å². The van der Waals surface area contributed by atoms with Gasteiger partial charge in [0.1, 0.15) is 5.75 Å². The number of benzene rings is 2. The number of rotatable bonds is 9. The van der Waals surface area contributed by atoms with Gasteiger partial charge in [0.2, 0.25) is 0 Å². The van der Waals surface area contributed by atoms with E-state index in [-0.39, 0.29) is 24.9 Å². The van der Waals surface area contributed by atoms with Crippen molar-refractivity contribution in [3.8, 4) is 5.75 Å². The van der Waals surface area contributed by atoms with Crippen molar-refractivity contribution in [2.24, 2.45) is 0 Å². The second-order valence-electron chi connectivity index (χ2n) is 7.33. The van der Waals surface area contributed by atoms with Crippen LogP contribution in [0.5, 0.6) is 5.75 Å². The minimum atomic E-state index is -0.453. The van der Waals surface area contributed by atoms with E-state index in [1.165, 1.54) is 0 Å². The molecule has 2 aromatic carbocycles. The first kappa shape index (κ1) is 25.0. The van der Waals surface area contributed by atoms with Gasteiger partial charge in [-0.2, -0.15) is 0 Å². The molecule has 180 valence electrons. The number of amides is 1. The molecule has 0 fully saturated rings. The summed E-state index contributed by atoms with van der Waals surface area (Å²) in [6.45, 7) is 7.79. The second-order valence-corrected chi connectivity index (χ2v) is 7.74. The van der Waals surface area contributed by atoms with Crippen LogP contribution in [0.15, 0.2) is 43.0 Å². The summed E-state index contributed by atoms with van der Waals surface area (Å²) in [6, 6.07) is 9.28. The van der Waals surface area contributed by atoms with Crippen LogP contribution >= 0.6 is 12.2 Å². The Kier molecular flexibility index (Phi) is 8.44. The fourth-order valence-electron chi connectivity index (χ4n) is 3.78. The van der Waals surface area contributed by atoms with Gasteiger partial charge < -0.3 is 24.5 Å². The highest BCUT2D eigenvalue weighted by Crippen LogP contribution is 2.38. The van der Waals surface area contributed by atoms with Crippen molar-refractivity contribution in [3.63, 3.8) is 0 Å². The van der Waals surface area contributed by atoms with Crippen LogP contribution in [0, 0.1) is 6.92 Å². The first-order valence-corrected chi connectivity index (χ1v) is 11.2. The molecule has 0 aliphatic carbocycles. The molecule has 0 saturated carbocycles. The number of esters is 1. The number of aromatic nitrogens is 1. The number of fused-ring (bicyclic) bond motifs is 3. The van der Waals surface area contributed by atoms with E-state index in [0.29, 0.717) is 35.5 Å². The molecule has 0 atom stereocenters. The highest BCUT2D eigenvalue weighted by Gasteiger charge is 2.24. The lowest BCUT2D eigenvalue weighted by Gasteiger charge is -2.14. The molecule has 1 amide bonds. The van der Waals surface area contributed by atoms with Crippen LogP contribution in [0.3, 0.4) is 0 Å². The molecule has 3 aromatic rings. The summed E-state index contributed by atoms with van der Waals surface area (Å²) in [5.74, 6) is -0.450. The maximum atomic E-state index is 12.8. The van der Waals surface area contributed by atoms with E-state index in [4.69, 9.17) is 21.7 Å². The zero-order chi connectivity index (χ0) is 24.7. The van der Waals surface area contributed by atoms with E-state index < -0.39 is 11.9 Å². The number of hydrogen-bond acceptors (Lipinski definition) is 6. The molecule has 0 radical (unpaired) electrons. The molecule has 9 nitrogen and oxygen atoms in total.